The fourth-order valence-electron chi connectivity index (χ4n) is 1.84. The van der Waals surface area contributed by atoms with Gasteiger partial charge in [0.15, 0.2) is 0 Å². The predicted octanol–water partition coefficient (Wildman–Crippen LogP) is 2.42. The van der Waals surface area contributed by atoms with Crippen LogP contribution in [0.25, 0.3) is 0 Å². The number of carboxylic acids is 1. The van der Waals surface area contributed by atoms with E-state index in [0.29, 0.717) is 18.7 Å². The minimum absolute atomic E-state index is 0.0625. The van der Waals surface area contributed by atoms with Gasteiger partial charge in [-0.2, -0.15) is 4.31 Å². The van der Waals surface area contributed by atoms with Crippen LogP contribution in [0.15, 0.2) is 10.3 Å². The van der Waals surface area contributed by atoms with Crippen LogP contribution in [-0.2, 0) is 10.0 Å². The molecular weight excluding hydrogens is 286 g/mol. The number of hydrogen-bond donors (Lipinski definition) is 1. The van der Waals surface area contributed by atoms with Crippen molar-refractivity contribution in [3.05, 3.63) is 15.8 Å². The SMILES string of the molecule is CCN(CC(C)C)S(=O)(=O)c1c(C)csc1C(=O)O. The van der Waals surface area contributed by atoms with Crippen LogP contribution >= 0.6 is 11.3 Å². The van der Waals surface area contributed by atoms with Crippen LogP contribution in [0.2, 0.25) is 0 Å². The van der Waals surface area contributed by atoms with E-state index in [-0.39, 0.29) is 15.7 Å². The highest BCUT2D eigenvalue weighted by molar-refractivity contribution is 7.89. The van der Waals surface area contributed by atoms with E-state index in [0.717, 1.165) is 11.3 Å². The van der Waals surface area contributed by atoms with Crippen LogP contribution in [0, 0.1) is 12.8 Å². The zero-order valence-corrected chi connectivity index (χ0v) is 13.1. The molecule has 1 aromatic heterocycles. The zero-order valence-electron chi connectivity index (χ0n) is 11.5. The first kappa shape index (κ1) is 16.1. The standard InChI is InChI=1S/C12H19NO4S2/c1-5-13(6-8(2)3)19(16,17)11-9(4)7-18-10(11)12(14)15/h7-8H,5-6H2,1-4H3,(H,14,15). The first-order valence-electron chi connectivity index (χ1n) is 6.03. The van der Waals surface area contributed by atoms with Crippen molar-refractivity contribution in [1.82, 2.24) is 4.31 Å². The molecule has 0 aliphatic heterocycles. The number of hydrogen-bond acceptors (Lipinski definition) is 4. The number of sulfonamides is 1. The first-order chi connectivity index (χ1) is 8.71. The molecule has 0 radical (unpaired) electrons. The van der Waals surface area contributed by atoms with Crippen LogP contribution in [-0.4, -0.2) is 36.9 Å². The Balaban J connectivity index is 3.33. The third-order valence-corrected chi connectivity index (χ3v) is 5.98. The van der Waals surface area contributed by atoms with Crippen molar-refractivity contribution in [2.45, 2.75) is 32.6 Å². The van der Waals surface area contributed by atoms with E-state index in [9.17, 15) is 13.2 Å². The normalized spacial score (nSPS) is 12.3. The average Bonchev–Trinajstić information content (AvgIpc) is 2.68. The van der Waals surface area contributed by atoms with E-state index in [1.807, 2.05) is 13.8 Å². The summed E-state index contributed by atoms with van der Waals surface area (Å²) in [6.07, 6.45) is 0. The molecule has 108 valence electrons. The molecule has 0 atom stereocenters. The van der Waals surface area contributed by atoms with E-state index in [1.165, 1.54) is 4.31 Å². The number of thiophene rings is 1. The van der Waals surface area contributed by atoms with Crippen molar-refractivity contribution in [2.75, 3.05) is 13.1 Å². The second kappa shape index (κ2) is 6.02. The first-order valence-corrected chi connectivity index (χ1v) is 8.35. The van der Waals surface area contributed by atoms with E-state index in [2.05, 4.69) is 0 Å². The number of nitrogens with zero attached hydrogens (tertiary/aromatic N) is 1. The third-order valence-electron chi connectivity index (χ3n) is 2.63. The summed E-state index contributed by atoms with van der Waals surface area (Å²) in [5.74, 6) is -1.01. The van der Waals surface area contributed by atoms with Gasteiger partial charge in [-0.3, -0.25) is 0 Å². The molecule has 0 aromatic carbocycles. The lowest BCUT2D eigenvalue weighted by atomic mass is 10.2. The summed E-state index contributed by atoms with van der Waals surface area (Å²) in [5.41, 5.74) is 0.490. The van der Waals surface area contributed by atoms with Crippen LogP contribution in [0.3, 0.4) is 0 Å². The molecule has 0 amide bonds. The van der Waals surface area contributed by atoms with Gasteiger partial charge in [-0.25, -0.2) is 13.2 Å². The highest BCUT2D eigenvalue weighted by Gasteiger charge is 2.31. The van der Waals surface area contributed by atoms with Gasteiger partial charge in [0, 0.05) is 13.1 Å². The maximum atomic E-state index is 12.6. The Morgan fingerprint density at radius 2 is 2.05 bits per heavy atom. The fraction of sp³-hybridized carbons (Fsp3) is 0.583. The zero-order chi connectivity index (χ0) is 14.8. The van der Waals surface area contributed by atoms with Crippen molar-refractivity contribution >= 4 is 27.3 Å². The second-order valence-corrected chi connectivity index (χ2v) is 7.49. The Morgan fingerprint density at radius 1 is 1.47 bits per heavy atom. The summed E-state index contributed by atoms with van der Waals surface area (Å²) >= 11 is 0.953. The van der Waals surface area contributed by atoms with Gasteiger partial charge in [-0.1, -0.05) is 20.8 Å². The molecule has 19 heavy (non-hydrogen) atoms. The minimum atomic E-state index is -3.75. The largest absolute Gasteiger partial charge is 0.477 e. The fourth-order valence-corrected chi connectivity index (χ4v) is 5.03. The molecular formula is C12H19NO4S2. The maximum absolute atomic E-state index is 12.6. The quantitative estimate of drug-likeness (QED) is 0.876. The van der Waals surface area contributed by atoms with Crippen LogP contribution in [0.5, 0.6) is 0 Å². The van der Waals surface area contributed by atoms with Gasteiger partial charge in [0.2, 0.25) is 10.0 Å². The van der Waals surface area contributed by atoms with Gasteiger partial charge in [0.05, 0.1) is 0 Å². The van der Waals surface area contributed by atoms with Gasteiger partial charge in [-0.15, -0.1) is 11.3 Å². The van der Waals surface area contributed by atoms with Gasteiger partial charge in [0.25, 0.3) is 0 Å². The summed E-state index contributed by atoms with van der Waals surface area (Å²) in [6.45, 7) is 7.94. The Bertz CT molecular complexity index is 560. The highest BCUT2D eigenvalue weighted by Crippen LogP contribution is 2.29. The minimum Gasteiger partial charge on any atom is -0.477 e. The van der Waals surface area contributed by atoms with E-state index < -0.39 is 16.0 Å². The lowest BCUT2D eigenvalue weighted by molar-refractivity contribution is 0.0698. The third kappa shape index (κ3) is 3.34. The second-order valence-electron chi connectivity index (χ2n) is 4.73. The Kier molecular flexibility index (Phi) is 5.11. The summed E-state index contributed by atoms with van der Waals surface area (Å²) in [7, 11) is -3.75. The molecule has 0 aliphatic rings. The molecule has 7 heteroatoms. The molecule has 0 saturated carbocycles. The molecule has 0 aliphatic carbocycles. The number of aromatic carboxylic acids is 1. The number of carbonyl (C=O) groups is 1. The van der Waals surface area contributed by atoms with Crippen LogP contribution < -0.4 is 0 Å². The molecule has 1 aromatic rings. The lowest BCUT2D eigenvalue weighted by Gasteiger charge is -2.22. The molecule has 0 saturated heterocycles. The molecule has 1 rings (SSSR count). The van der Waals surface area contributed by atoms with E-state index in [4.69, 9.17) is 5.11 Å². The molecule has 1 N–H and O–H groups in total. The van der Waals surface area contributed by atoms with Gasteiger partial charge >= 0.3 is 5.97 Å². The monoisotopic (exact) mass is 305 g/mol. The van der Waals surface area contributed by atoms with Crippen molar-refractivity contribution in [2.24, 2.45) is 5.92 Å². The number of carboxylic acid groups (broad SMARTS) is 1. The summed E-state index contributed by atoms with van der Waals surface area (Å²) in [4.78, 5) is 11.0. The summed E-state index contributed by atoms with van der Waals surface area (Å²) < 4.78 is 26.5. The van der Waals surface area contributed by atoms with Gasteiger partial charge < -0.3 is 5.11 Å². The maximum Gasteiger partial charge on any atom is 0.347 e. The topological polar surface area (TPSA) is 74.7 Å². The summed E-state index contributed by atoms with van der Waals surface area (Å²) in [5, 5.41) is 10.7. The number of rotatable bonds is 6. The number of aryl methyl sites for hydroxylation is 1. The molecule has 0 unspecified atom stereocenters. The Labute approximate surface area is 117 Å². The van der Waals surface area contributed by atoms with Crippen molar-refractivity contribution < 1.29 is 18.3 Å². The molecule has 5 nitrogen and oxygen atoms in total. The molecule has 1 heterocycles. The lowest BCUT2D eigenvalue weighted by Crippen LogP contribution is -2.34. The molecule has 0 fully saturated rings. The molecule has 0 spiro atoms. The van der Waals surface area contributed by atoms with Gasteiger partial charge in [-0.05, 0) is 23.8 Å². The van der Waals surface area contributed by atoms with Crippen LogP contribution in [0.4, 0.5) is 0 Å². The van der Waals surface area contributed by atoms with Crippen molar-refractivity contribution in [3.8, 4) is 0 Å². The summed E-state index contributed by atoms with van der Waals surface area (Å²) in [6, 6.07) is 0. The van der Waals surface area contributed by atoms with Crippen LogP contribution in [0.1, 0.15) is 36.0 Å². The molecule has 0 bridgehead atoms. The van der Waals surface area contributed by atoms with E-state index >= 15 is 0 Å². The van der Waals surface area contributed by atoms with E-state index in [1.54, 1.807) is 19.2 Å². The van der Waals surface area contributed by atoms with Crippen molar-refractivity contribution in [3.63, 3.8) is 0 Å². The average molecular weight is 305 g/mol. The van der Waals surface area contributed by atoms with Crippen molar-refractivity contribution in [1.29, 1.82) is 0 Å². The highest BCUT2D eigenvalue weighted by atomic mass is 32.2. The van der Waals surface area contributed by atoms with Gasteiger partial charge in [0.1, 0.15) is 9.77 Å². The predicted molar refractivity (Wildman–Crippen MR) is 75.3 cm³/mol. The Hall–Kier alpha value is -0.920. The Morgan fingerprint density at radius 3 is 2.47 bits per heavy atom. The smallest absolute Gasteiger partial charge is 0.347 e.